The summed E-state index contributed by atoms with van der Waals surface area (Å²) in [6.45, 7) is 0. The first-order valence-electron chi connectivity index (χ1n) is 17.4. The lowest BCUT2D eigenvalue weighted by atomic mass is 9.99. The van der Waals surface area contributed by atoms with Crippen molar-refractivity contribution in [2.75, 3.05) is 4.90 Å². The van der Waals surface area contributed by atoms with Gasteiger partial charge in [-0.05, 0) is 82.2 Å². The van der Waals surface area contributed by atoms with Crippen LogP contribution < -0.4 is 4.90 Å². The fourth-order valence-corrected chi connectivity index (χ4v) is 8.23. The average Bonchev–Trinajstić information content (AvgIpc) is 3.74. The number of anilines is 3. The average molecular weight is 651 g/mol. The first-order chi connectivity index (χ1) is 25.3. The molecule has 2 aromatic heterocycles. The van der Waals surface area contributed by atoms with E-state index in [1.54, 1.807) is 0 Å². The van der Waals surface area contributed by atoms with Crippen molar-refractivity contribution in [1.29, 1.82) is 0 Å². The van der Waals surface area contributed by atoms with Crippen LogP contribution in [0.1, 0.15) is 0 Å². The lowest BCUT2D eigenvalue weighted by molar-refractivity contribution is 0.672. The Labute approximate surface area is 293 Å². The largest absolute Gasteiger partial charge is 0.455 e. The van der Waals surface area contributed by atoms with E-state index in [9.17, 15) is 0 Å². The van der Waals surface area contributed by atoms with Crippen LogP contribution in [-0.4, -0.2) is 4.57 Å². The summed E-state index contributed by atoms with van der Waals surface area (Å²) in [7, 11) is 0. The predicted octanol–water partition coefficient (Wildman–Crippen LogP) is 13.6. The first kappa shape index (κ1) is 28.0. The number of furan rings is 1. The van der Waals surface area contributed by atoms with Crippen molar-refractivity contribution in [3.63, 3.8) is 0 Å². The second-order valence-corrected chi connectivity index (χ2v) is 13.3. The number of rotatable bonds is 4. The topological polar surface area (TPSA) is 21.3 Å². The fourth-order valence-electron chi connectivity index (χ4n) is 8.23. The van der Waals surface area contributed by atoms with Crippen LogP contribution in [0.3, 0.4) is 0 Å². The number of para-hydroxylation sites is 3. The van der Waals surface area contributed by atoms with Gasteiger partial charge in [-0.2, -0.15) is 0 Å². The third-order valence-corrected chi connectivity index (χ3v) is 10.5. The molecular weight excluding hydrogens is 621 g/mol. The number of benzene rings is 9. The van der Waals surface area contributed by atoms with Gasteiger partial charge in [-0.25, -0.2) is 0 Å². The summed E-state index contributed by atoms with van der Waals surface area (Å²) in [6.07, 6.45) is 0. The number of fused-ring (bicyclic) bond motifs is 11. The van der Waals surface area contributed by atoms with E-state index >= 15 is 0 Å². The Balaban J connectivity index is 1.17. The molecule has 0 atom stereocenters. The van der Waals surface area contributed by atoms with Crippen LogP contribution in [0, 0.1) is 0 Å². The van der Waals surface area contributed by atoms with Gasteiger partial charge in [0.2, 0.25) is 0 Å². The molecule has 0 aliphatic carbocycles. The second kappa shape index (κ2) is 10.8. The smallest absolute Gasteiger partial charge is 0.143 e. The van der Waals surface area contributed by atoms with Gasteiger partial charge in [-0.3, -0.25) is 0 Å². The van der Waals surface area contributed by atoms with E-state index in [-0.39, 0.29) is 0 Å². The van der Waals surface area contributed by atoms with Gasteiger partial charge < -0.3 is 13.9 Å². The minimum absolute atomic E-state index is 0.898. The standard InChI is InChI=1S/C48H30N2O/c1-2-12-36-31(11-1)21-22-32-29-35(27-28-37(32)36)49(46-30-43-41-16-7-10-20-47(41)51-48(43)42-17-4-3-15-40(42)46)33-23-25-34(26-24-33)50-44-18-8-5-13-38(44)39-14-6-9-19-45(39)50/h1-30H. The number of hydrogen-bond acceptors (Lipinski definition) is 2. The lowest BCUT2D eigenvalue weighted by Crippen LogP contribution is -2.11. The Kier molecular flexibility index (Phi) is 5.96. The van der Waals surface area contributed by atoms with Gasteiger partial charge in [-0.15, -0.1) is 0 Å². The molecule has 3 heteroatoms. The Morgan fingerprint density at radius 1 is 0.373 bits per heavy atom. The molecule has 0 bridgehead atoms. The number of aromatic nitrogens is 1. The van der Waals surface area contributed by atoms with Crippen LogP contribution in [0.25, 0.3) is 81.7 Å². The highest BCUT2D eigenvalue weighted by atomic mass is 16.3. The maximum atomic E-state index is 6.52. The van der Waals surface area contributed by atoms with Gasteiger partial charge in [0.15, 0.2) is 0 Å². The summed E-state index contributed by atoms with van der Waals surface area (Å²) in [4.78, 5) is 2.41. The Bertz CT molecular complexity index is 3090. The number of nitrogens with zero attached hydrogens (tertiary/aromatic N) is 2. The van der Waals surface area contributed by atoms with E-state index in [1.807, 2.05) is 6.07 Å². The van der Waals surface area contributed by atoms with Gasteiger partial charge in [0.25, 0.3) is 0 Å². The van der Waals surface area contributed by atoms with Crippen LogP contribution in [0.5, 0.6) is 0 Å². The zero-order valence-corrected chi connectivity index (χ0v) is 27.6. The van der Waals surface area contributed by atoms with Crippen molar-refractivity contribution in [3.8, 4) is 5.69 Å². The zero-order valence-electron chi connectivity index (χ0n) is 27.6. The molecule has 0 saturated carbocycles. The molecule has 3 nitrogen and oxygen atoms in total. The SMILES string of the molecule is c1ccc2c(c1)ccc1cc(N(c3ccc(-n4c5ccccc5c5ccccc54)cc3)c3cc4c5ccccc5oc4c4ccccc34)ccc12. The summed E-state index contributed by atoms with van der Waals surface area (Å²) in [6, 6.07) is 65.6. The molecule has 0 radical (unpaired) electrons. The molecule has 2 heterocycles. The third-order valence-electron chi connectivity index (χ3n) is 10.5. The van der Waals surface area contributed by atoms with Crippen molar-refractivity contribution >= 4 is 93.1 Å². The predicted molar refractivity (Wildman–Crippen MR) is 215 cm³/mol. The van der Waals surface area contributed by atoms with Crippen molar-refractivity contribution in [2.45, 2.75) is 0 Å². The molecule has 11 aromatic rings. The maximum absolute atomic E-state index is 6.52. The highest BCUT2D eigenvalue weighted by molar-refractivity contribution is 6.20. The highest BCUT2D eigenvalue weighted by Crippen LogP contribution is 2.45. The Morgan fingerprint density at radius 3 is 1.71 bits per heavy atom. The van der Waals surface area contributed by atoms with Gasteiger partial charge in [0.05, 0.1) is 16.7 Å². The quantitative estimate of drug-likeness (QED) is 0.177. The second-order valence-electron chi connectivity index (χ2n) is 13.3. The third kappa shape index (κ3) is 4.19. The van der Waals surface area contributed by atoms with E-state index in [4.69, 9.17) is 4.42 Å². The minimum Gasteiger partial charge on any atom is -0.455 e. The molecule has 0 aliphatic heterocycles. The van der Waals surface area contributed by atoms with E-state index in [2.05, 4.69) is 185 Å². The van der Waals surface area contributed by atoms with Crippen LogP contribution in [0.2, 0.25) is 0 Å². The van der Waals surface area contributed by atoms with Crippen LogP contribution in [-0.2, 0) is 0 Å². The number of hydrogen-bond donors (Lipinski definition) is 0. The van der Waals surface area contributed by atoms with E-state index in [1.165, 1.54) is 43.4 Å². The van der Waals surface area contributed by atoms with Gasteiger partial charge in [0, 0.05) is 49.4 Å². The maximum Gasteiger partial charge on any atom is 0.143 e. The molecule has 0 aliphatic rings. The summed E-state index contributed by atoms with van der Waals surface area (Å²) in [5.41, 5.74) is 8.63. The fraction of sp³-hybridized carbons (Fsp3) is 0. The summed E-state index contributed by atoms with van der Waals surface area (Å²) >= 11 is 0. The van der Waals surface area contributed by atoms with Crippen molar-refractivity contribution in [1.82, 2.24) is 4.57 Å². The molecule has 0 unspecified atom stereocenters. The monoisotopic (exact) mass is 650 g/mol. The molecule has 0 spiro atoms. The van der Waals surface area contributed by atoms with Crippen molar-refractivity contribution < 1.29 is 4.42 Å². The molecule has 0 N–H and O–H groups in total. The van der Waals surface area contributed by atoms with Crippen LogP contribution in [0.4, 0.5) is 17.1 Å². The molecule has 238 valence electrons. The summed E-state index contributed by atoms with van der Waals surface area (Å²) in [5.74, 6) is 0. The van der Waals surface area contributed by atoms with Crippen molar-refractivity contribution in [2.24, 2.45) is 0 Å². The highest BCUT2D eigenvalue weighted by Gasteiger charge is 2.21. The van der Waals surface area contributed by atoms with E-state index in [0.717, 1.165) is 55.5 Å². The molecular formula is C48H30N2O. The summed E-state index contributed by atoms with van der Waals surface area (Å²) < 4.78 is 8.89. The molecule has 11 rings (SSSR count). The lowest BCUT2D eigenvalue weighted by Gasteiger charge is -2.28. The summed E-state index contributed by atoms with van der Waals surface area (Å²) in [5, 5.41) is 11.9. The van der Waals surface area contributed by atoms with E-state index in [0.29, 0.717) is 0 Å². The zero-order chi connectivity index (χ0) is 33.5. The molecule has 0 fully saturated rings. The van der Waals surface area contributed by atoms with Gasteiger partial charge in [-0.1, -0.05) is 121 Å². The van der Waals surface area contributed by atoms with E-state index < -0.39 is 0 Å². The Hall–Kier alpha value is -6.84. The molecule has 0 amide bonds. The van der Waals surface area contributed by atoms with Crippen molar-refractivity contribution in [3.05, 3.63) is 182 Å². The molecule has 51 heavy (non-hydrogen) atoms. The molecule has 0 saturated heterocycles. The van der Waals surface area contributed by atoms with Crippen LogP contribution >= 0.6 is 0 Å². The Morgan fingerprint density at radius 2 is 0.941 bits per heavy atom. The normalized spacial score (nSPS) is 11.9. The van der Waals surface area contributed by atoms with Gasteiger partial charge >= 0.3 is 0 Å². The first-order valence-corrected chi connectivity index (χ1v) is 17.4. The van der Waals surface area contributed by atoms with Gasteiger partial charge in [0.1, 0.15) is 11.2 Å². The molecule has 9 aromatic carbocycles. The minimum atomic E-state index is 0.898. The van der Waals surface area contributed by atoms with Crippen LogP contribution in [0.15, 0.2) is 186 Å².